The maximum atomic E-state index is 6.05. The molecule has 0 bridgehead atoms. The molecule has 116 valence electrons. The van der Waals surface area contributed by atoms with Crippen molar-refractivity contribution < 1.29 is 13.9 Å². The van der Waals surface area contributed by atoms with E-state index in [4.69, 9.17) is 13.9 Å². The van der Waals surface area contributed by atoms with Crippen molar-refractivity contribution in [1.29, 1.82) is 0 Å². The molecule has 4 heteroatoms. The minimum absolute atomic E-state index is 0.543. The zero-order valence-corrected chi connectivity index (χ0v) is 13.4. The Balaban J connectivity index is 2.34. The Morgan fingerprint density at radius 3 is 2.76 bits per heavy atom. The van der Waals surface area contributed by atoms with E-state index in [-0.39, 0.29) is 0 Å². The normalized spacial score (nSPS) is 11.5. The minimum atomic E-state index is 0.543. The maximum absolute atomic E-state index is 6.05. The van der Waals surface area contributed by atoms with Crippen molar-refractivity contribution in [1.82, 2.24) is 5.32 Å². The summed E-state index contributed by atoms with van der Waals surface area (Å²) in [5.74, 6) is 2.33. The average Bonchev–Trinajstić information content (AvgIpc) is 2.79. The van der Waals surface area contributed by atoms with Crippen LogP contribution >= 0.6 is 0 Å². The molecule has 21 heavy (non-hydrogen) atoms. The Bertz CT molecular complexity index is 575. The lowest BCUT2D eigenvalue weighted by molar-refractivity contribution is 0.183. The maximum Gasteiger partial charge on any atom is 0.176 e. The van der Waals surface area contributed by atoms with E-state index in [9.17, 15) is 0 Å². The monoisotopic (exact) mass is 291 g/mol. The van der Waals surface area contributed by atoms with E-state index in [0.29, 0.717) is 25.7 Å². The van der Waals surface area contributed by atoms with Gasteiger partial charge in [-0.15, -0.1) is 0 Å². The first-order chi connectivity index (χ1) is 10.2. The number of nitrogens with one attached hydrogen (secondary N) is 1. The summed E-state index contributed by atoms with van der Waals surface area (Å²) in [6.07, 6.45) is 0. The molecule has 0 aliphatic heterocycles. The van der Waals surface area contributed by atoms with E-state index >= 15 is 0 Å². The molecule has 0 spiro atoms. The Labute approximate surface area is 126 Å². The molecule has 2 aromatic rings. The molecule has 0 radical (unpaired) electrons. The van der Waals surface area contributed by atoms with Crippen LogP contribution in [-0.4, -0.2) is 20.3 Å². The molecular formula is C17H25NO3. The zero-order chi connectivity index (χ0) is 15.2. The van der Waals surface area contributed by atoms with Gasteiger partial charge in [-0.3, -0.25) is 0 Å². The highest BCUT2D eigenvalue weighted by molar-refractivity contribution is 5.87. The summed E-state index contributed by atoms with van der Waals surface area (Å²) >= 11 is 0. The highest BCUT2D eigenvalue weighted by Gasteiger charge is 2.16. The fourth-order valence-corrected chi connectivity index (χ4v) is 2.38. The second-order valence-electron chi connectivity index (χ2n) is 5.53. The van der Waals surface area contributed by atoms with Crippen LogP contribution in [0.4, 0.5) is 0 Å². The van der Waals surface area contributed by atoms with Crippen molar-refractivity contribution in [2.45, 2.75) is 33.9 Å². The molecule has 0 fully saturated rings. The predicted molar refractivity (Wildman–Crippen MR) is 84.6 cm³/mol. The van der Waals surface area contributed by atoms with E-state index in [1.54, 1.807) is 7.11 Å². The summed E-state index contributed by atoms with van der Waals surface area (Å²) in [7, 11) is 1.70. The Kier molecular flexibility index (Phi) is 5.65. The smallest absolute Gasteiger partial charge is 0.176 e. The number of hydrogen-bond donors (Lipinski definition) is 1. The van der Waals surface area contributed by atoms with Crippen LogP contribution in [-0.2, 0) is 17.9 Å². The molecule has 1 aromatic carbocycles. The van der Waals surface area contributed by atoms with Crippen molar-refractivity contribution >= 4 is 11.0 Å². The first kappa shape index (κ1) is 15.9. The molecule has 1 N–H and O–H groups in total. The highest BCUT2D eigenvalue weighted by atomic mass is 16.5. The van der Waals surface area contributed by atoms with E-state index in [1.807, 2.05) is 19.1 Å². The van der Waals surface area contributed by atoms with Gasteiger partial charge in [0.25, 0.3) is 0 Å². The van der Waals surface area contributed by atoms with Gasteiger partial charge in [0.2, 0.25) is 0 Å². The first-order valence-electron chi connectivity index (χ1n) is 7.53. The lowest BCUT2D eigenvalue weighted by atomic mass is 10.1. The standard InChI is InChI=1S/C17H25NO3/c1-5-20-15-8-6-7-13-14(11-19-4)16(21-17(13)15)10-18-9-12(2)3/h6-8,12,18H,5,9-11H2,1-4H3. The fourth-order valence-electron chi connectivity index (χ4n) is 2.38. The van der Waals surface area contributed by atoms with Crippen LogP contribution in [0.15, 0.2) is 22.6 Å². The summed E-state index contributed by atoms with van der Waals surface area (Å²) in [6, 6.07) is 5.99. The Morgan fingerprint density at radius 2 is 2.10 bits per heavy atom. The molecule has 0 amide bonds. The van der Waals surface area contributed by atoms with Gasteiger partial charge in [-0.05, 0) is 25.5 Å². The third-order valence-electron chi connectivity index (χ3n) is 3.29. The van der Waals surface area contributed by atoms with E-state index in [0.717, 1.165) is 34.6 Å². The second kappa shape index (κ2) is 7.48. The molecule has 1 aromatic heterocycles. The molecule has 0 saturated heterocycles. The first-order valence-corrected chi connectivity index (χ1v) is 7.53. The van der Waals surface area contributed by atoms with Crippen molar-refractivity contribution in [3.8, 4) is 5.75 Å². The molecule has 0 aliphatic carbocycles. The van der Waals surface area contributed by atoms with E-state index < -0.39 is 0 Å². The van der Waals surface area contributed by atoms with Crippen LogP contribution in [0, 0.1) is 5.92 Å². The highest BCUT2D eigenvalue weighted by Crippen LogP contribution is 2.33. The SMILES string of the molecule is CCOc1cccc2c(COC)c(CNCC(C)C)oc12. The topological polar surface area (TPSA) is 43.6 Å². The number of furan rings is 1. The van der Waals surface area contributed by atoms with Gasteiger partial charge in [-0.1, -0.05) is 26.0 Å². The molecule has 0 aliphatic rings. The Hall–Kier alpha value is -1.52. The van der Waals surface area contributed by atoms with Gasteiger partial charge >= 0.3 is 0 Å². The number of methoxy groups -OCH3 is 1. The van der Waals surface area contributed by atoms with Gasteiger partial charge in [-0.25, -0.2) is 0 Å². The summed E-state index contributed by atoms with van der Waals surface area (Å²) in [6.45, 7) is 9.19. The van der Waals surface area contributed by atoms with Gasteiger partial charge < -0.3 is 19.2 Å². The number of hydrogen-bond acceptors (Lipinski definition) is 4. The van der Waals surface area contributed by atoms with Gasteiger partial charge in [0, 0.05) is 18.1 Å². The summed E-state index contributed by atoms with van der Waals surface area (Å²) < 4.78 is 17.0. The lowest BCUT2D eigenvalue weighted by Gasteiger charge is -2.07. The van der Waals surface area contributed by atoms with Crippen molar-refractivity contribution in [2.24, 2.45) is 5.92 Å². The third kappa shape index (κ3) is 3.77. The van der Waals surface area contributed by atoms with Crippen LogP contribution in [0.25, 0.3) is 11.0 Å². The third-order valence-corrected chi connectivity index (χ3v) is 3.29. The summed E-state index contributed by atoms with van der Waals surface area (Å²) in [5, 5.41) is 4.50. The molecule has 2 rings (SSSR count). The Morgan fingerprint density at radius 1 is 1.29 bits per heavy atom. The minimum Gasteiger partial charge on any atom is -0.490 e. The van der Waals surface area contributed by atoms with E-state index in [1.165, 1.54) is 0 Å². The van der Waals surface area contributed by atoms with Crippen LogP contribution < -0.4 is 10.1 Å². The van der Waals surface area contributed by atoms with Gasteiger partial charge in [0.1, 0.15) is 5.76 Å². The average molecular weight is 291 g/mol. The van der Waals surface area contributed by atoms with Crippen LogP contribution in [0.1, 0.15) is 32.1 Å². The summed E-state index contributed by atoms with van der Waals surface area (Å²) in [5.41, 5.74) is 1.91. The molecule has 0 saturated carbocycles. The van der Waals surface area contributed by atoms with Gasteiger partial charge in [-0.2, -0.15) is 0 Å². The van der Waals surface area contributed by atoms with Crippen molar-refractivity contribution in [2.75, 3.05) is 20.3 Å². The van der Waals surface area contributed by atoms with Gasteiger partial charge in [0.15, 0.2) is 11.3 Å². The molecule has 0 atom stereocenters. The van der Waals surface area contributed by atoms with Crippen LogP contribution in [0.3, 0.4) is 0 Å². The van der Waals surface area contributed by atoms with E-state index in [2.05, 4.69) is 25.2 Å². The molecular weight excluding hydrogens is 266 g/mol. The molecule has 0 unspecified atom stereocenters. The number of benzene rings is 1. The number of para-hydroxylation sites is 1. The quantitative estimate of drug-likeness (QED) is 0.805. The molecule has 1 heterocycles. The van der Waals surface area contributed by atoms with Crippen LogP contribution in [0.2, 0.25) is 0 Å². The molecule has 4 nitrogen and oxygen atoms in total. The largest absolute Gasteiger partial charge is 0.490 e. The number of fused-ring (bicyclic) bond motifs is 1. The van der Waals surface area contributed by atoms with Gasteiger partial charge in [0.05, 0.1) is 19.8 Å². The van der Waals surface area contributed by atoms with Crippen LogP contribution in [0.5, 0.6) is 5.75 Å². The zero-order valence-electron chi connectivity index (χ0n) is 13.4. The lowest BCUT2D eigenvalue weighted by Crippen LogP contribution is -2.19. The fraction of sp³-hybridized carbons (Fsp3) is 0.529. The van der Waals surface area contributed by atoms with Crippen molar-refractivity contribution in [3.05, 3.63) is 29.5 Å². The number of rotatable bonds is 8. The second-order valence-corrected chi connectivity index (χ2v) is 5.53. The summed E-state index contributed by atoms with van der Waals surface area (Å²) in [4.78, 5) is 0. The number of ether oxygens (including phenoxy) is 2. The predicted octanol–water partition coefficient (Wildman–Crippen LogP) is 3.72. The van der Waals surface area contributed by atoms with Crippen molar-refractivity contribution in [3.63, 3.8) is 0 Å².